The van der Waals surface area contributed by atoms with Crippen molar-refractivity contribution >= 4 is 11.8 Å². The molecule has 0 saturated carbocycles. The molecule has 0 radical (unpaired) electrons. The van der Waals surface area contributed by atoms with Gasteiger partial charge in [-0.2, -0.15) is 0 Å². The van der Waals surface area contributed by atoms with Crippen LogP contribution in [0.15, 0.2) is 65.6 Å². The summed E-state index contributed by atoms with van der Waals surface area (Å²) < 4.78 is 24.4. The minimum Gasteiger partial charge on any atom is -0.374 e. The maximum absolute atomic E-state index is 6.25. The highest BCUT2D eigenvalue weighted by Crippen LogP contribution is 2.44. The topological polar surface area (TPSA) is 36.9 Å². The van der Waals surface area contributed by atoms with Gasteiger partial charge in [0, 0.05) is 4.90 Å². The van der Waals surface area contributed by atoms with Gasteiger partial charge in [0.15, 0.2) is 5.79 Å². The molecule has 0 unspecified atom stereocenters. The zero-order chi connectivity index (χ0) is 18.0. The summed E-state index contributed by atoms with van der Waals surface area (Å²) in [7, 11) is 0. The third kappa shape index (κ3) is 4.13. The third-order valence-corrected chi connectivity index (χ3v) is 5.65. The molecule has 2 saturated heterocycles. The Balaban J connectivity index is 1.40. The van der Waals surface area contributed by atoms with Crippen LogP contribution in [-0.4, -0.2) is 36.1 Å². The quantitative estimate of drug-likeness (QED) is 0.758. The van der Waals surface area contributed by atoms with Crippen LogP contribution in [0.4, 0.5) is 0 Å². The van der Waals surface area contributed by atoms with Crippen molar-refractivity contribution < 1.29 is 18.9 Å². The Morgan fingerprint density at radius 2 is 1.58 bits per heavy atom. The van der Waals surface area contributed by atoms with Crippen molar-refractivity contribution in [1.29, 1.82) is 0 Å². The molecule has 4 rings (SSSR count). The molecule has 2 aromatic carbocycles. The van der Waals surface area contributed by atoms with E-state index < -0.39 is 5.79 Å². The summed E-state index contributed by atoms with van der Waals surface area (Å²) in [5.74, 6) is -0.591. The van der Waals surface area contributed by atoms with Gasteiger partial charge >= 0.3 is 0 Å². The van der Waals surface area contributed by atoms with Gasteiger partial charge in [0.25, 0.3) is 0 Å². The van der Waals surface area contributed by atoms with Crippen molar-refractivity contribution in [3.8, 4) is 0 Å². The summed E-state index contributed by atoms with van der Waals surface area (Å²) >= 11 is 1.68. The smallest absolute Gasteiger partial charge is 0.164 e. The second kappa shape index (κ2) is 7.71. The molecule has 2 fully saturated rings. The fraction of sp³-hybridized carbons (Fsp3) is 0.429. The van der Waals surface area contributed by atoms with Gasteiger partial charge in [-0.1, -0.05) is 60.3 Å². The molecule has 0 aliphatic carbocycles. The van der Waals surface area contributed by atoms with Gasteiger partial charge in [-0.15, -0.1) is 0 Å². The van der Waals surface area contributed by atoms with Crippen molar-refractivity contribution in [3.05, 3.63) is 66.2 Å². The summed E-state index contributed by atoms with van der Waals surface area (Å²) in [5.41, 5.74) is 1.05. The van der Waals surface area contributed by atoms with Gasteiger partial charge in [0.05, 0.1) is 13.2 Å². The molecule has 0 amide bonds. The minimum atomic E-state index is -0.591. The molecule has 138 valence electrons. The number of ether oxygens (including phenoxy) is 4. The van der Waals surface area contributed by atoms with E-state index in [1.807, 2.05) is 50.2 Å². The fourth-order valence-electron chi connectivity index (χ4n) is 3.37. The number of hydrogen-bond donors (Lipinski definition) is 0. The number of rotatable bonds is 6. The molecule has 0 N–H and O–H groups in total. The predicted octanol–water partition coefficient (Wildman–Crippen LogP) is 4.24. The first-order chi connectivity index (χ1) is 12.6. The monoisotopic (exact) mass is 372 g/mol. The van der Waals surface area contributed by atoms with Crippen LogP contribution in [0.2, 0.25) is 0 Å². The summed E-state index contributed by atoms with van der Waals surface area (Å²) in [6, 6.07) is 20.4. The molecule has 0 spiro atoms. The van der Waals surface area contributed by atoms with E-state index >= 15 is 0 Å². The third-order valence-electron chi connectivity index (χ3n) is 4.50. The lowest BCUT2D eigenvalue weighted by Gasteiger charge is -2.24. The van der Waals surface area contributed by atoms with Crippen LogP contribution < -0.4 is 0 Å². The summed E-state index contributed by atoms with van der Waals surface area (Å²) in [5, 5.41) is 0. The normalized spacial score (nSPS) is 29.6. The lowest BCUT2D eigenvalue weighted by molar-refractivity contribution is -0.183. The van der Waals surface area contributed by atoms with Crippen molar-refractivity contribution in [2.75, 3.05) is 6.61 Å². The Morgan fingerprint density at radius 3 is 2.31 bits per heavy atom. The van der Waals surface area contributed by atoms with Crippen molar-refractivity contribution in [1.82, 2.24) is 0 Å². The Morgan fingerprint density at radius 1 is 0.923 bits per heavy atom. The van der Waals surface area contributed by atoms with Gasteiger partial charge < -0.3 is 18.9 Å². The highest BCUT2D eigenvalue weighted by atomic mass is 32.2. The molecular formula is C21H24O4S. The molecule has 2 aliphatic rings. The van der Waals surface area contributed by atoms with Crippen LogP contribution in [0.3, 0.4) is 0 Å². The Kier molecular flexibility index (Phi) is 5.34. The zero-order valence-electron chi connectivity index (χ0n) is 15.0. The van der Waals surface area contributed by atoms with Crippen molar-refractivity contribution in [3.63, 3.8) is 0 Å². The predicted molar refractivity (Wildman–Crippen MR) is 101 cm³/mol. The van der Waals surface area contributed by atoms with E-state index in [4.69, 9.17) is 18.9 Å². The molecule has 26 heavy (non-hydrogen) atoms. The summed E-state index contributed by atoms with van der Waals surface area (Å²) in [4.78, 5) is 1.16. The molecular weight excluding hydrogens is 348 g/mol. The van der Waals surface area contributed by atoms with Gasteiger partial charge in [-0.25, -0.2) is 0 Å². The Labute approximate surface area is 158 Å². The van der Waals surface area contributed by atoms with E-state index in [2.05, 4.69) is 24.3 Å². The largest absolute Gasteiger partial charge is 0.374 e. The number of fused-ring (bicyclic) bond motifs is 1. The molecule has 2 aliphatic heterocycles. The summed E-state index contributed by atoms with van der Waals surface area (Å²) in [6.45, 7) is 4.97. The van der Waals surface area contributed by atoms with Gasteiger partial charge in [-0.3, -0.25) is 0 Å². The van der Waals surface area contributed by atoms with E-state index in [9.17, 15) is 0 Å². The van der Waals surface area contributed by atoms with E-state index in [1.165, 1.54) is 0 Å². The van der Waals surface area contributed by atoms with E-state index in [1.54, 1.807) is 11.8 Å². The second-order valence-electron chi connectivity index (χ2n) is 7.04. The lowest BCUT2D eigenvalue weighted by atomic mass is 10.1. The highest BCUT2D eigenvalue weighted by molar-refractivity contribution is 7.99. The fourth-order valence-corrected chi connectivity index (χ4v) is 4.50. The van der Waals surface area contributed by atoms with Crippen LogP contribution in [-0.2, 0) is 25.6 Å². The molecule has 4 nitrogen and oxygen atoms in total. The van der Waals surface area contributed by atoms with E-state index in [0.717, 1.165) is 10.5 Å². The molecule has 5 heteroatoms. The molecule has 0 bridgehead atoms. The number of thioether (sulfide) groups is 1. The summed E-state index contributed by atoms with van der Waals surface area (Å²) in [6.07, 6.45) is -0.339. The minimum absolute atomic E-state index is 0.0967. The molecule has 2 heterocycles. The second-order valence-corrected chi connectivity index (χ2v) is 8.21. The molecule has 4 atom stereocenters. The first kappa shape index (κ1) is 18.0. The van der Waals surface area contributed by atoms with Crippen LogP contribution >= 0.6 is 11.8 Å². The maximum atomic E-state index is 6.25. The first-order valence-electron chi connectivity index (χ1n) is 8.95. The SMILES string of the molecule is CC1(C)O[C@@H]2[C@H](O1)[C@@H](COCc1ccccc1)O[C@@H]2Sc1ccccc1. The number of hydrogen-bond acceptors (Lipinski definition) is 5. The molecule has 2 aromatic rings. The van der Waals surface area contributed by atoms with Gasteiger partial charge in [-0.05, 0) is 31.5 Å². The van der Waals surface area contributed by atoms with Gasteiger partial charge in [0.1, 0.15) is 23.7 Å². The van der Waals surface area contributed by atoms with Crippen molar-refractivity contribution in [2.45, 2.75) is 54.9 Å². The Hall–Kier alpha value is -1.37. The highest BCUT2D eigenvalue weighted by Gasteiger charge is 2.55. The van der Waals surface area contributed by atoms with Crippen molar-refractivity contribution in [2.24, 2.45) is 0 Å². The standard InChI is InChI=1S/C21H24O4S/c1-21(2)24-18-17(14-22-13-15-9-5-3-6-10-15)23-20(19(18)25-21)26-16-11-7-4-8-12-16/h3-12,17-20H,13-14H2,1-2H3/t17-,18-,19-,20-/m1/s1. The lowest BCUT2D eigenvalue weighted by Crippen LogP contribution is -2.32. The average Bonchev–Trinajstić information content (AvgIpc) is 3.11. The van der Waals surface area contributed by atoms with E-state index in [0.29, 0.717) is 13.2 Å². The zero-order valence-corrected chi connectivity index (χ0v) is 15.9. The van der Waals surface area contributed by atoms with Crippen LogP contribution in [0.5, 0.6) is 0 Å². The first-order valence-corrected chi connectivity index (χ1v) is 9.83. The molecule has 0 aromatic heterocycles. The average molecular weight is 372 g/mol. The van der Waals surface area contributed by atoms with Crippen LogP contribution in [0.25, 0.3) is 0 Å². The van der Waals surface area contributed by atoms with Crippen LogP contribution in [0, 0.1) is 0 Å². The maximum Gasteiger partial charge on any atom is 0.164 e. The Bertz CT molecular complexity index is 706. The van der Waals surface area contributed by atoms with Crippen LogP contribution in [0.1, 0.15) is 19.4 Å². The van der Waals surface area contributed by atoms with Gasteiger partial charge in [0.2, 0.25) is 0 Å². The number of benzene rings is 2. The van der Waals surface area contributed by atoms with E-state index in [-0.39, 0.29) is 23.7 Å².